The average Bonchev–Trinajstić information content (AvgIpc) is 2.56. The lowest BCUT2D eigenvalue weighted by Crippen LogP contribution is -2.39. The molecule has 1 aliphatic rings. The van der Waals surface area contributed by atoms with Crippen LogP contribution in [0.1, 0.15) is 44.7 Å². The van der Waals surface area contributed by atoms with Crippen LogP contribution >= 0.6 is 0 Å². The molecule has 1 heterocycles. The second-order valence-electron chi connectivity index (χ2n) is 6.22. The predicted molar refractivity (Wildman–Crippen MR) is 90.5 cm³/mol. The van der Waals surface area contributed by atoms with E-state index in [1.807, 2.05) is 12.1 Å². The van der Waals surface area contributed by atoms with Crippen molar-refractivity contribution in [1.82, 2.24) is 4.90 Å². The Morgan fingerprint density at radius 3 is 2.64 bits per heavy atom. The Hall–Kier alpha value is -1.26. The van der Waals surface area contributed by atoms with Gasteiger partial charge in [-0.2, -0.15) is 0 Å². The maximum atomic E-state index is 6.11. The molecule has 22 heavy (non-hydrogen) atoms. The molecular formula is C18H30N2O2. The van der Waals surface area contributed by atoms with Crippen LogP contribution in [0.15, 0.2) is 18.2 Å². The fourth-order valence-electron chi connectivity index (χ4n) is 3.07. The number of piperidine rings is 1. The molecule has 0 amide bonds. The second kappa shape index (κ2) is 8.39. The number of likely N-dealkylation sites (tertiary alicyclic amines) is 1. The quantitative estimate of drug-likeness (QED) is 0.840. The van der Waals surface area contributed by atoms with Crippen molar-refractivity contribution in [1.29, 1.82) is 0 Å². The summed E-state index contributed by atoms with van der Waals surface area (Å²) in [6.45, 7) is 8.01. The lowest BCUT2D eigenvalue weighted by molar-refractivity contribution is 0.138. The van der Waals surface area contributed by atoms with Crippen LogP contribution in [0.3, 0.4) is 0 Å². The van der Waals surface area contributed by atoms with E-state index in [9.17, 15) is 0 Å². The molecule has 1 unspecified atom stereocenters. The van der Waals surface area contributed by atoms with Crippen LogP contribution in [0.25, 0.3) is 0 Å². The predicted octanol–water partition coefficient (Wildman–Crippen LogP) is 3.22. The Balaban J connectivity index is 2.22. The van der Waals surface area contributed by atoms with Gasteiger partial charge in [-0.1, -0.05) is 19.9 Å². The lowest BCUT2D eigenvalue weighted by Gasteiger charge is -2.37. The summed E-state index contributed by atoms with van der Waals surface area (Å²) >= 11 is 0. The minimum atomic E-state index is 0.227. The van der Waals surface area contributed by atoms with Gasteiger partial charge in [-0.05, 0) is 44.3 Å². The third-order valence-electron chi connectivity index (χ3n) is 4.52. The van der Waals surface area contributed by atoms with Crippen molar-refractivity contribution in [2.24, 2.45) is 11.7 Å². The highest BCUT2D eigenvalue weighted by Gasteiger charge is 2.26. The minimum Gasteiger partial charge on any atom is -0.497 e. The zero-order chi connectivity index (χ0) is 15.9. The molecule has 0 saturated carbocycles. The monoisotopic (exact) mass is 306 g/mol. The van der Waals surface area contributed by atoms with Gasteiger partial charge in [-0.25, -0.2) is 0 Å². The highest BCUT2D eigenvalue weighted by Crippen LogP contribution is 2.34. The van der Waals surface area contributed by atoms with Gasteiger partial charge in [-0.3, -0.25) is 4.90 Å². The van der Waals surface area contributed by atoms with Crippen molar-refractivity contribution in [3.63, 3.8) is 0 Å². The Kier molecular flexibility index (Phi) is 6.52. The van der Waals surface area contributed by atoms with Gasteiger partial charge in [0, 0.05) is 18.2 Å². The van der Waals surface area contributed by atoms with Gasteiger partial charge in [0.05, 0.1) is 19.8 Å². The number of ether oxygens (including phenoxy) is 2. The molecule has 0 aliphatic carbocycles. The summed E-state index contributed by atoms with van der Waals surface area (Å²) in [6, 6.07) is 6.33. The smallest absolute Gasteiger partial charge is 0.127 e. The van der Waals surface area contributed by atoms with E-state index in [0.717, 1.165) is 36.9 Å². The molecule has 1 atom stereocenters. The fourth-order valence-corrected chi connectivity index (χ4v) is 3.07. The fraction of sp³-hybridized carbons (Fsp3) is 0.667. The van der Waals surface area contributed by atoms with Crippen LogP contribution < -0.4 is 15.2 Å². The van der Waals surface area contributed by atoms with E-state index in [1.165, 1.54) is 18.4 Å². The standard InChI is InChI=1S/C18H30N2O2/c1-4-11-22-18-12-15(21-3)5-6-16(18)17(13-19)20-9-7-14(2)8-10-20/h5-6,12,14,17H,4,7-11,13,19H2,1-3H3. The molecule has 2 N–H and O–H groups in total. The average molecular weight is 306 g/mol. The molecule has 1 aliphatic heterocycles. The van der Waals surface area contributed by atoms with Crippen LogP contribution in [0.5, 0.6) is 11.5 Å². The summed E-state index contributed by atoms with van der Waals surface area (Å²) in [5.41, 5.74) is 7.30. The number of hydrogen-bond donors (Lipinski definition) is 1. The summed E-state index contributed by atoms with van der Waals surface area (Å²) in [5.74, 6) is 2.56. The highest BCUT2D eigenvalue weighted by molar-refractivity contribution is 5.43. The topological polar surface area (TPSA) is 47.7 Å². The van der Waals surface area contributed by atoms with Crippen molar-refractivity contribution in [2.45, 2.75) is 39.2 Å². The van der Waals surface area contributed by atoms with Crippen LogP contribution in [0.2, 0.25) is 0 Å². The van der Waals surface area contributed by atoms with E-state index in [1.54, 1.807) is 7.11 Å². The number of nitrogens with zero attached hydrogens (tertiary/aromatic N) is 1. The third-order valence-corrected chi connectivity index (χ3v) is 4.52. The lowest BCUT2D eigenvalue weighted by atomic mass is 9.95. The number of benzene rings is 1. The molecule has 1 aromatic rings. The molecule has 0 radical (unpaired) electrons. The summed E-state index contributed by atoms with van der Waals surface area (Å²) in [7, 11) is 1.69. The van der Waals surface area contributed by atoms with Crippen molar-refractivity contribution in [3.05, 3.63) is 23.8 Å². The molecule has 124 valence electrons. The van der Waals surface area contributed by atoms with Gasteiger partial charge in [0.25, 0.3) is 0 Å². The first-order valence-corrected chi connectivity index (χ1v) is 8.44. The van der Waals surface area contributed by atoms with Gasteiger partial charge in [-0.15, -0.1) is 0 Å². The first kappa shape index (κ1) is 17.1. The Morgan fingerprint density at radius 1 is 1.32 bits per heavy atom. The second-order valence-corrected chi connectivity index (χ2v) is 6.22. The molecule has 2 rings (SSSR count). The molecule has 0 bridgehead atoms. The van der Waals surface area contributed by atoms with Crippen LogP contribution in [-0.2, 0) is 0 Å². The van der Waals surface area contributed by atoms with Gasteiger partial charge in [0.15, 0.2) is 0 Å². The maximum absolute atomic E-state index is 6.11. The summed E-state index contributed by atoms with van der Waals surface area (Å²) < 4.78 is 11.3. The largest absolute Gasteiger partial charge is 0.497 e. The maximum Gasteiger partial charge on any atom is 0.127 e. The summed E-state index contributed by atoms with van der Waals surface area (Å²) in [6.07, 6.45) is 3.49. The molecule has 4 heteroatoms. The van der Waals surface area contributed by atoms with Crippen molar-refractivity contribution in [3.8, 4) is 11.5 Å². The molecule has 1 aromatic carbocycles. The van der Waals surface area contributed by atoms with Crippen molar-refractivity contribution in [2.75, 3.05) is 33.4 Å². The Morgan fingerprint density at radius 2 is 2.05 bits per heavy atom. The van der Waals surface area contributed by atoms with Gasteiger partial charge in [0.2, 0.25) is 0 Å². The molecule has 0 aromatic heterocycles. The first-order chi connectivity index (χ1) is 10.7. The van der Waals surface area contributed by atoms with E-state index in [2.05, 4.69) is 24.8 Å². The third kappa shape index (κ3) is 4.14. The molecule has 1 saturated heterocycles. The molecular weight excluding hydrogens is 276 g/mol. The van der Waals surface area contributed by atoms with E-state index in [-0.39, 0.29) is 6.04 Å². The van der Waals surface area contributed by atoms with Crippen LogP contribution in [0, 0.1) is 5.92 Å². The van der Waals surface area contributed by atoms with Crippen LogP contribution in [0.4, 0.5) is 0 Å². The Labute approximate surface area is 134 Å². The van der Waals surface area contributed by atoms with E-state index >= 15 is 0 Å². The Bertz CT molecular complexity index is 456. The number of methoxy groups -OCH3 is 1. The van der Waals surface area contributed by atoms with Crippen molar-refractivity contribution >= 4 is 0 Å². The zero-order valence-corrected chi connectivity index (χ0v) is 14.2. The molecule has 0 spiro atoms. The van der Waals surface area contributed by atoms with E-state index in [0.29, 0.717) is 13.2 Å². The van der Waals surface area contributed by atoms with Gasteiger partial charge < -0.3 is 15.2 Å². The van der Waals surface area contributed by atoms with Crippen LogP contribution in [-0.4, -0.2) is 38.3 Å². The van der Waals surface area contributed by atoms with E-state index < -0.39 is 0 Å². The van der Waals surface area contributed by atoms with Gasteiger partial charge in [0.1, 0.15) is 11.5 Å². The highest BCUT2D eigenvalue weighted by atomic mass is 16.5. The summed E-state index contributed by atoms with van der Waals surface area (Å²) in [5, 5.41) is 0. The first-order valence-electron chi connectivity index (χ1n) is 8.44. The molecule has 1 fully saturated rings. The normalized spacial score (nSPS) is 18.2. The number of nitrogens with two attached hydrogens (primary N) is 1. The van der Waals surface area contributed by atoms with Crippen molar-refractivity contribution < 1.29 is 9.47 Å². The number of rotatable bonds is 7. The van der Waals surface area contributed by atoms with E-state index in [4.69, 9.17) is 15.2 Å². The zero-order valence-electron chi connectivity index (χ0n) is 14.2. The minimum absolute atomic E-state index is 0.227. The molecule has 4 nitrogen and oxygen atoms in total. The van der Waals surface area contributed by atoms with Gasteiger partial charge >= 0.3 is 0 Å². The SMILES string of the molecule is CCCOc1cc(OC)ccc1C(CN)N1CCC(C)CC1. The summed E-state index contributed by atoms with van der Waals surface area (Å²) in [4.78, 5) is 2.50. The number of hydrogen-bond acceptors (Lipinski definition) is 4.